The second kappa shape index (κ2) is 5.02. The maximum absolute atomic E-state index is 13.7. The van der Waals surface area contributed by atoms with Gasteiger partial charge in [0.2, 0.25) is 0 Å². The van der Waals surface area contributed by atoms with Gasteiger partial charge >= 0.3 is 0 Å². The molecule has 5 heteroatoms. The molecule has 1 heterocycles. The number of rotatable bonds is 2. The summed E-state index contributed by atoms with van der Waals surface area (Å²) in [5.74, 6) is -1.17. The summed E-state index contributed by atoms with van der Waals surface area (Å²) < 4.78 is 14.4. The van der Waals surface area contributed by atoms with Crippen LogP contribution in [0.5, 0.6) is 0 Å². The molecular formula is C12H7BrFN3. The van der Waals surface area contributed by atoms with Crippen LogP contribution in [-0.4, -0.2) is 9.97 Å². The van der Waals surface area contributed by atoms with E-state index in [2.05, 4.69) is 25.9 Å². The van der Waals surface area contributed by atoms with Crippen molar-refractivity contribution in [3.63, 3.8) is 0 Å². The number of hydrogen-bond donors (Lipinski definition) is 0. The number of aromatic nitrogens is 2. The van der Waals surface area contributed by atoms with Gasteiger partial charge in [-0.15, -0.1) is 0 Å². The van der Waals surface area contributed by atoms with Crippen molar-refractivity contribution in [2.45, 2.75) is 5.92 Å². The number of nitriles is 1. The van der Waals surface area contributed by atoms with Crippen molar-refractivity contribution >= 4 is 15.9 Å². The maximum Gasteiger partial charge on any atom is 0.128 e. The van der Waals surface area contributed by atoms with Gasteiger partial charge in [-0.3, -0.25) is 9.97 Å². The number of hydrogen-bond acceptors (Lipinski definition) is 3. The highest BCUT2D eigenvalue weighted by molar-refractivity contribution is 9.10. The molecule has 1 atom stereocenters. The molecular weight excluding hydrogens is 285 g/mol. The van der Waals surface area contributed by atoms with E-state index in [1.54, 1.807) is 12.1 Å². The minimum Gasteiger partial charge on any atom is -0.261 e. The van der Waals surface area contributed by atoms with E-state index < -0.39 is 11.7 Å². The Hall–Kier alpha value is -1.80. The van der Waals surface area contributed by atoms with E-state index >= 15 is 0 Å². The third-order valence-electron chi connectivity index (χ3n) is 2.28. The summed E-state index contributed by atoms with van der Waals surface area (Å²) >= 11 is 3.25. The predicted molar refractivity (Wildman–Crippen MR) is 63.6 cm³/mol. The average molecular weight is 292 g/mol. The summed E-state index contributed by atoms with van der Waals surface area (Å²) in [5, 5.41) is 9.15. The molecule has 2 aromatic rings. The van der Waals surface area contributed by atoms with Crippen molar-refractivity contribution in [1.29, 1.82) is 5.26 Å². The number of nitrogens with zero attached hydrogens (tertiary/aromatic N) is 3. The van der Waals surface area contributed by atoms with Crippen LogP contribution in [0.25, 0.3) is 0 Å². The highest BCUT2D eigenvalue weighted by Gasteiger charge is 2.19. The first-order valence-electron chi connectivity index (χ1n) is 4.83. The SMILES string of the molecule is N#CC(c1cnccn1)c1cc(Br)ccc1F. The minimum absolute atomic E-state index is 0.294. The van der Waals surface area contributed by atoms with Crippen molar-refractivity contribution in [2.24, 2.45) is 0 Å². The Labute approximate surface area is 106 Å². The van der Waals surface area contributed by atoms with Gasteiger partial charge in [0.1, 0.15) is 11.7 Å². The van der Waals surface area contributed by atoms with Crippen molar-refractivity contribution < 1.29 is 4.39 Å². The van der Waals surface area contributed by atoms with Gasteiger partial charge < -0.3 is 0 Å². The average Bonchev–Trinajstić information content (AvgIpc) is 2.36. The zero-order valence-electron chi connectivity index (χ0n) is 8.64. The molecule has 0 aliphatic rings. The van der Waals surface area contributed by atoms with Crippen molar-refractivity contribution in [3.05, 3.63) is 58.3 Å². The first-order valence-corrected chi connectivity index (χ1v) is 5.62. The van der Waals surface area contributed by atoms with E-state index in [-0.39, 0.29) is 0 Å². The first kappa shape index (κ1) is 11.7. The fourth-order valence-corrected chi connectivity index (χ4v) is 1.87. The molecule has 0 aliphatic carbocycles. The highest BCUT2D eigenvalue weighted by Crippen LogP contribution is 2.26. The van der Waals surface area contributed by atoms with Gasteiger partial charge in [0.15, 0.2) is 0 Å². The Morgan fingerprint density at radius 2 is 2.18 bits per heavy atom. The molecule has 0 fully saturated rings. The smallest absolute Gasteiger partial charge is 0.128 e. The van der Waals surface area contributed by atoms with Crippen LogP contribution in [0, 0.1) is 17.1 Å². The second-order valence-corrected chi connectivity index (χ2v) is 4.27. The minimum atomic E-state index is -0.749. The summed E-state index contributed by atoms with van der Waals surface area (Å²) in [6, 6.07) is 6.53. The van der Waals surface area contributed by atoms with E-state index in [0.29, 0.717) is 11.3 Å². The van der Waals surface area contributed by atoms with E-state index in [0.717, 1.165) is 4.47 Å². The van der Waals surface area contributed by atoms with Gasteiger partial charge in [-0.25, -0.2) is 4.39 Å². The zero-order chi connectivity index (χ0) is 12.3. The molecule has 0 spiro atoms. The summed E-state index contributed by atoms with van der Waals surface area (Å²) in [5.41, 5.74) is 0.731. The quantitative estimate of drug-likeness (QED) is 0.854. The molecule has 0 amide bonds. The lowest BCUT2D eigenvalue weighted by Gasteiger charge is -2.09. The van der Waals surface area contributed by atoms with Crippen LogP contribution in [0.2, 0.25) is 0 Å². The number of halogens is 2. The third kappa shape index (κ3) is 2.48. The van der Waals surface area contributed by atoms with Gasteiger partial charge in [-0.2, -0.15) is 5.26 Å². The van der Waals surface area contributed by atoms with Crippen LogP contribution >= 0.6 is 15.9 Å². The normalized spacial score (nSPS) is 11.8. The molecule has 0 bridgehead atoms. The predicted octanol–water partition coefficient (Wildman–Crippen LogP) is 3.03. The monoisotopic (exact) mass is 291 g/mol. The molecule has 0 aliphatic heterocycles. The fourth-order valence-electron chi connectivity index (χ4n) is 1.49. The third-order valence-corrected chi connectivity index (χ3v) is 2.77. The van der Waals surface area contributed by atoms with E-state index in [9.17, 15) is 4.39 Å². The fraction of sp³-hybridized carbons (Fsp3) is 0.0833. The largest absolute Gasteiger partial charge is 0.261 e. The number of benzene rings is 1. The molecule has 0 saturated heterocycles. The zero-order valence-corrected chi connectivity index (χ0v) is 10.2. The molecule has 1 aromatic carbocycles. The first-order chi connectivity index (χ1) is 8.22. The molecule has 0 saturated carbocycles. The molecule has 2 rings (SSSR count). The molecule has 17 heavy (non-hydrogen) atoms. The standard InChI is InChI=1S/C12H7BrFN3/c13-8-1-2-11(14)9(5-8)10(6-15)12-7-16-3-4-17-12/h1-5,7,10H. The lowest BCUT2D eigenvalue weighted by Crippen LogP contribution is -2.04. The van der Waals surface area contributed by atoms with Crippen molar-refractivity contribution in [1.82, 2.24) is 9.97 Å². The highest BCUT2D eigenvalue weighted by atomic mass is 79.9. The topological polar surface area (TPSA) is 49.6 Å². The summed E-state index contributed by atoms with van der Waals surface area (Å²) in [6.07, 6.45) is 4.46. The Morgan fingerprint density at radius 3 is 2.82 bits per heavy atom. The van der Waals surface area contributed by atoms with Gasteiger partial charge in [0.05, 0.1) is 18.0 Å². The van der Waals surface area contributed by atoms with Crippen LogP contribution in [0.1, 0.15) is 17.2 Å². The van der Waals surface area contributed by atoms with E-state index in [1.165, 1.54) is 24.7 Å². The van der Waals surface area contributed by atoms with Crippen LogP contribution in [0.15, 0.2) is 41.3 Å². The summed E-state index contributed by atoms with van der Waals surface area (Å²) in [4.78, 5) is 7.91. The van der Waals surface area contributed by atoms with Gasteiger partial charge in [-0.1, -0.05) is 15.9 Å². The molecule has 84 valence electrons. The maximum atomic E-state index is 13.7. The lowest BCUT2D eigenvalue weighted by molar-refractivity contribution is 0.607. The summed E-state index contributed by atoms with van der Waals surface area (Å²) in [7, 11) is 0. The van der Waals surface area contributed by atoms with Crippen molar-refractivity contribution in [2.75, 3.05) is 0 Å². The van der Waals surface area contributed by atoms with Crippen LogP contribution < -0.4 is 0 Å². The summed E-state index contributed by atoms with van der Waals surface area (Å²) in [6.45, 7) is 0. The lowest BCUT2D eigenvalue weighted by atomic mass is 9.97. The van der Waals surface area contributed by atoms with Crippen LogP contribution in [-0.2, 0) is 0 Å². The Morgan fingerprint density at radius 1 is 1.35 bits per heavy atom. The molecule has 0 radical (unpaired) electrons. The Bertz CT molecular complexity index is 566. The molecule has 0 N–H and O–H groups in total. The van der Waals surface area contributed by atoms with E-state index in [1.807, 2.05) is 6.07 Å². The Kier molecular flexibility index (Phi) is 3.45. The van der Waals surface area contributed by atoms with E-state index in [4.69, 9.17) is 5.26 Å². The van der Waals surface area contributed by atoms with Crippen LogP contribution in [0.4, 0.5) is 4.39 Å². The van der Waals surface area contributed by atoms with Crippen LogP contribution in [0.3, 0.4) is 0 Å². The van der Waals surface area contributed by atoms with Gasteiger partial charge in [-0.05, 0) is 18.2 Å². The van der Waals surface area contributed by atoms with Crippen molar-refractivity contribution in [3.8, 4) is 6.07 Å². The molecule has 1 aromatic heterocycles. The second-order valence-electron chi connectivity index (χ2n) is 3.36. The Balaban J connectivity index is 2.51. The van der Waals surface area contributed by atoms with Gasteiger partial charge in [0.25, 0.3) is 0 Å². The molecule has 3 nitrogen and oxygen atoms in total. The van der Waals surface area contributed by atoms with Gasteiger partial charge in [0, 0.05) is 22.4 Å². The molecule has 1 unspecified atom stereocenters.